The van der Waals surface area contributed by atoms with E-state index in [4.69, 9.17) is 4.74 Å². The molecule has 3 amide bonds. The molecule has 0 radical (unpaired) electrons. The normalized spacial score (nSPS) is 23.3. The van der Waals surface area contributed by atoms with E-state index in [0.717, 1.165) is 36.0 Å². The molecule has 2 heterocycles. The van der Waals surface area contributed by atoms with Crippen LogP contribution in [0.25, 0.3) is 0 Å². The van der Waals surface area contributed by atoms with Gasteiger partial charge in [0.05, 0.1) is 24.6 Å². The summed E-state index contributed by atoms with van der Waals surface area (Å²) < 4.78 is 5.36. The number of ether oxygens (including phenoxy) is 1. The SMILES string of the molecule is COC[C@H]1CCCCN1C(=O)C[C@@]1(c2ccccc2C)CC(=O)N(Cc2ccccc2)C1=O. The predicted molar refractivity (Wildman–Crippen MR) is 125 cm³/mol. The summed E-state index contributed by atoms with van der Waals surface area (Å²) in [5.41, 5.74) is 1.40. The van der Waals surface area contributed by atoms with Gasteiger partial charge in [0.2, 0.25) is 17.7 Å². The van der Waals surface area contributed by atoms with Gasteiger partial charge >= 0.3 is 0 Å². The molecule has 0 aromatic heterocycles. The number of methoxy groups -OCH3 is 1. The summed E-state index contributed by atoms with van der Waals surface area (Å²) in [5, 5.41) is 0. The van der Waals surface area contributed by atoms with Gasteiger partial charge in [-0.25, -0.2) is 0 Å². The third-order valence-electron chi connectivity index (χ3n) is 7.01. The molecule has 2 atom stereocenters. The van der Waals surface area contributed by atoms with Crippen LogP contribution in [0.1, 0.15) is 48.8 Å². The Morgan fingerprint density at radius 3 is 2.52 bits per heavy atom. The average Bonchev–Trinajstić information content (AvgIpc) is 3.05. The van der Waals surface area contributed by atoms with Crippen LogP contribution in [0, 0.1) is 6.92 Å². The molecule has 174 valence electrons. The number of nitrogens with zero attached hydrogens (tertiary/aromatic N) is 2. The number of aryl methyl sites for hydroxylation is 1. The van der Waals surface area contributed by atoms with Crippen LogP contribution in [0.3, 0.4) is 0 Å². The molecule has 0 aliphatic carbocycles. The van der Waals surface area contributed by atoms with E-state index >= 15 is 0 Å². The fraction of sp³-hybridized carbons (Fsp3) is 0.444. The number of hydrogen-bond donors (Lipinski definition) is 0. The van der Waals surface area contributed by atoms with Gasteiger partial charge in [-0.2, -0.15) is 0 Å². The van der Waals surface area contributed by atoms with E-state index in [0.29, 0.717) is 13.2 Å². The molecule has 0 unspecified atom stereocenters. The van der Waals surface area contributed by atoms with Crippen LogP contribution in [0.2, 0.25) is 0 Å². The zero-order valence-electron chi connectivity index (χ0n) is 19.5. The Balaban J connectivity index is 1.68. The van der Waals surface area contributed by atoms with E-state index in [1.54, 1.807) is 7.11 Å². The highest BCUT2D eigenvalue weighted by atomic mass is 16.5. The Kier molecular flexibility index (Phi) is 6.94. The number of carbonyl (C=O) groups excluding carboxylic acids is 3. The standard InChI is InChI=1S/C27H32N2O4/c1-20-10-6-7-14-23(20)27(16-24(30)28-15-9-8-13-22(28)19-33-2)17-25(31)29(26(27)32)18-21-11-4-3-5-12-21/h3-7,10-12,14,22H,8-9,13,15-19H2,1-2H3/t22-,27+/m1/s1. The third kappa shape index (κ3) is 4.58. The lowest BCUT2D eigenvalue weighted by atomic mass is 9.73. The van der Waals surface area contributed by atoms with Gasteiger partial charge in [-0.05, 0) is 42.9 Å². The van der Waals surface area contributed by atoms with E-state index in [1.165, 1.54) is 4.90 Å². The van der Waals surface area contributed by atoms with Gasteiger partial charge in [0.1, 0.15) is 0 Å². The number of hydrogen-bond acceptors (Lipinski definition) is 4. The maximum Gasteiger partial charge on any atom is 0.241 e. The topological polar surface area (TPSA) is 66.9 Å². The molecule has 0 spiro atoms. The Bertz CT molecular complexity index is 1020. The van der Waals surface area contributed by atoms with Gasteiger partial charge < -0.3 is 9.64 Å². The van der Waals surface area contributed by atoms with Crippen LogP contribution in [0.5, 0.6) is 0 Å². The largest absolute Gasteiger partial charge is 0.383 e. The van der Waals surface area contributed by atoms with Crippen molar-refractivity contribution in [1.29, 1.82) is 0 Å². The fourth-order valence-corrected chi connectivity index (χ4v) is 5.33. The minimum absolute atomic E-state index is 0.00602. The first-order valence-electron chi connectivity index (χ1n) is 11.7. The van der Waals surface area contributed by atoms with Crippen LogP contribution in [0.15, 0.2) is 54.6 Å². The first kappa shape index (κ1) is 23.2. The summed E-state index contributed by atoms with van der Waals surface area (Å²) in [6, 6.07) is 17.1. The molecular weight excluding hydrogens is 416 g/mol. The number of rotatable bonds is 7. The highest BCUT2D eigenvalue weighted by Crippen LogP contribution is 2.42. The average molecular weight is 449 g/mol. The van der Waals surface area contributed by atoms with Gasteiger partial charge in [0, 0.05) is 26.5 Å². The van der Waals surface area contributed by atoms with E-state index in [-0.39, 0.29) is 43.1 Å². The van der Waals surface area contributed by atoms with Crippen LogP contribution in [-0.2, 0) is 31.1 Å². The molecule has 2 aromatic carbocycles. The van der Waals surface area contributed by atoms with Gasteiger partial charge in [0.25, 0.3) is 0 Å². The quantitative estimate of drug-likeness (QED) is 0.607. The third-order valence-corrected chi connectivity index (χ3v) is 7.01. The lowest BCUT2D eigenvalue weighted by molar-refractivity contribution is -0.144. The lowest BCUT2D eigenvalue weighted by Crippen LogP contribution is -2.49. The number of amides is 3. The Morgan fingerprint density at radius 1 is 1.06 bits per heavy atom. The van der Waals surface area contributed by atoms with Gasteiger partial charge in [-0.15, -0.1) is 0 Å². The first-order chi connectivity index (χ1) is 16.0. The van der Waals surface area contributed by atoms with Crippen LogP contribution in [0.4, 0.5) is 0 Å². The van der Waals surface area contributed by atoms with E-state index in [9.17, 15) is 14.4 Å². The van der Waals surface area contributed by atoms with Crippen LogP contribution in [-0.4, -0.2) is 53.8 Å². The minimum atomic E-state index is -1.18. The van der Waals surface area contributed by atoms with Crippen LogP contribution >= 0.6 is 0 Å². The summed E-state index contributed by atoms with van der Waals surface area (Å²) in [6.07, 6.45) is 2.90. The second kappa shape index (κ2) is 9.87. The van der Waals surface area contributed by atoms with Gasteiger partial charge in [-0.1, -0.05) is 54.6 Å². The number of piperidine rings is 1. The smallest absolute Gasteiger partial charge is 0.241 e. The molecule has 0 saturated carbocycles. The van der Waals surface area contributed by atoms with Crippen molar-refractivity contribution in [3.05, 3.63) is 71.3 Å². The molecule has 0 bridgehead atoms. The Morgan fingerprint density at radius 2 is 1.79 bits per heavy atom. The van der Waals surface area contributed by atoms with Crippen LogP contribution < -0.4 is 0 Å². The van der Waals surface area contributed by atoms with Crippen molar-refractivity contribution in [2.75, 3.05) is 20.3 Å². The summed E-state index contributed by atoms with van der Waals surface area (Å²) in [6.45, 7) is 3.30. The Labute approximate surface area is 195 Å². The molecule has 0 N–H and O–H groups in total. The molecule has 33 heavy (non-hydrogen) atoms. The zero-order chi connectivity index (χ0) is 23.4. The van der Waals surface area contributed by atoms with Crippen molar-refractivity contribution in [2.45, 2.75) is 57.0 Å². The van der Waals surface area contributed by atoms with Gasteiger partial charge in [-0.3, -0.25) is 19.3 Å². The molecule has 4 rings (SSSR count). The highest BCUT2D eigenvalue weighted by Gasteiger charge is 2.54. The van der Waals surface area contributed by atoms with Crippen molar-refractivity contribution < 1.29 is 19.1 Å². The maximum absolute atomic E-state index is 13.9. The minimum Gasteiger partial charge on any atom is -0.383 e. The molecular formula is C27H32N2O4. The Hall–Kier alpha value is -2.99. The van der Waals surface area contributed by atoms with Crippen molar-refractivity contribution >= 4 is 17.7 Å². The molecule has 6 nitrogen and oxygen atoms in total. The highest BCUT2D eigenvalue weighted by molar-refractivity contribution is 6.10. The van der Waals surface area contributed by atoms with E-state index in [2.05, 4.69) is 0 Å². The summed E-state index contributed by atoms with van der Waals surface area (Å²) in [7, 11) is 1.65. The van der Waals surface area contributed by atoms with Crippen molar-refractivity contribution in [3.63, 3.8) is 0 Å². The lowest BCUT2D eigenvalue weighted by Gasteiger charge is -2.38. The second-order valence-corrected chi connectivity index (χ2v) is 9.21. The molecule has 2 aliphatic rings. The number of benzene rings is 2. The number of carbonyl (C=O) groups is 3. The molecule has 2 fully saturated rings. The summed E-state index contributed by atoms with van der Waals surface area (Å²) in [5.74, 6) is -0.589. The predicted octanol–water partition coefficient (Wildman–Crippen LogP) is 3.61. The summed E-state index contributed by atoms with van der Waals surface area (Å²) in [4.78, 5) is 43.9. The van der Waals surface area contributed by atoms with Crippen molar-refractivity contribution in [3.8, 4) is 0 Å². The first-order valence-corrected chi connectivity index (χ1v) is 11.7. The molecule has 6 heteroatoms. The monoisotopic (exact) mass is 448 g/mol. The second-order valence-electron chi connectivity index (χ2n) is 9.21. The maximum atomic E-state index is 13.9. The van der Waals surface area contributed by atoms with Gasteiger partial charge in [0.15, 0.2) is 0 Å². The molecule has 2 saturated heterocycles. The molecule has 2 aliphatic heterocycles. The summed E-state index contributed by atoms with van der Waals surface area (Å²) >= 11 is 0. The number of likely N-dealkylation sites (tertiary alicyclic amines) is 2. The molecule has 2 aromatic rings. The van der Waals surface area contributed by atoms with Crippen molar-refractivity contribution in [1.82, 2.24) is 9.80 Å². The van der Waals surface area contributed by atoms with E-state index in [1.807, 2.05) is 66.4 Å². The van der Waals surface area contributed by atoms with E-state index < -0.39 is 5.41 Å². The number of imide groups is 1. The fourth-order valence-electron chi connectivity index (χ4n) is 5.33. The zero-order valence-corrected chi connectivity index (χ0v) is 19.5. The van der Waals surface area contributed by atoms with Crippen molar-refractivity contribution in [2.24, 2.45) is 0 Å².